The molecule has 0 spiro atoms. The first kappa shape index (κ1) is 17.8. The molecule has 0 aromatic heterocycles. The molecule has 0 unspecified atom stereocenters. The standard InChI is InChI=1S/C18H29N3O2/c1-18(2,21-10-6-3-7-11-21)14-20-17(23)19-12-15-8-4-5-9-16(15)13-22/h4-5,8-9,22H,3,6-7,10-14H2,1-2H3,(H2,19,20,23). The lowest BCUT2D eigenvalue weighted by molar-refractivity contribution is 0.0960. The van der Waals surface area contributed by atoms with Crippen molar-refractivity contribution in [3.8, 4) is 0 Å². The number of aliphatic hydroxyl groups is 1. The van der Waals surface area contributed by atoms with Crippen LogP contribution in [-0.4, -0.2) is 41.2 Å². The van der Waals surface area contributed by atoms with Crippen LogP contribution in [0, 0.1) is 0 Å². The molecule has 0 atom stereocenters. The topological polar surface area (TPSA) is 64.6 Å². The summed E-state index contributed by atoms with van der Waals surface area (Å²) in [5.74, 6) is 0. The minimum absolute atomic E-state index is 0.0124. The summed E-state index contributed by atoms with van der Waals surface area (Å²) in [6, 6.07) is 7.42. The number of rotatable bonds is 6. The Bertz CT molecular complexity index is 511. The minimum Gasteiger partial charge on any atom is -0.392 e. The van der Waals surface area contributed by atoms with E-state index in [9.17, 15) is 9.90 Å². The van der Waals surface area contributed by atoms with Crippen LogP contribution >= 0.6 is 0 Å². The number of benzene rings is 1. The van der Waals surface area contributed by atoms with Gasteiger partial charge in [0, 0.05) is 18.6 Å². The average molecular weight is 319 g/mol. The SMILES string of the molecule is CC(C)(CNC(=O)NCc1ccccc1CO)N1CCCCC1. The lowest BCUT2D eigenvalue weighted by Crippen LogP contribution is -2.54. The van der Waals surface area contributed by atoms with Gasteiger partial charge in [0.25, 0.3) is 0 Å². The lowest BCUT2D eigenvalue weighted by Gasteiger charge is -2.41. The molecule has 5 heteroatoms. The summed E-state index contributed by atoms with van der Waals surface area (Å²) in [6.07, 6.45) is 3.80. The Hall–Kier alpha value is -1.59. The first-order chi connectivity index (χ1) is 11.0. The molecule has 0 bridgehead atoms. The highest BCUT2D eigenvalue weighted by Gasteiger charge is 2.28. The van der Waals surface area contributed by atoms with Crippen LogP contribution in [0.4, 0.5) is 4.79 Å². The van der Waals surface area contributed by atoms with Gasteiger partial charge in [-0.15, -0.1) is 0 Å². The van der Waals surface area contributed by atoms with E-state index in [2.05, 4.69) is 29.4 Å². The van der Waals surface area contributed by atoms with E-state index in [0.29, 0.717) is 13.1 Å². The molecule has 1 aromatic carbocycles. The van der Waals surface area contributed by atoms with Crippen molar-refractivity contribution in [1.29, 1.82) is 0 Å². The molecule has 3 N–H and O–H groups in total. The van der Waals surface area contributed by atoms with Crippen LogP contribution in [0.5, 0.6) is 0 Å². The van der Waals surface area contributed by atoms with Crippen molar-refractivity contribution < 1.29 is 9.90 Å². The zero-order chi connectivity index (χ0) is 16.7. The number of hydrogen-bond acceptors (Lipinski definition) is 3. The van der Waals surface area contributed by atoms with Crippen molar-refractivity contribution in [3.63, 3.8) is 0 Å². The summed E-state index contributed by atoms with van der Waals surface area (Å²) in [6.45, 7) is 7.62. The molecule has 1 aromatic rings. The maximum Gasteiger partial charge on any atom is 0.315 e. The Morgan fingerprint density at radius 1 is 1.13 bits per heavy atom. The van der Waals surface area contributed by atoms with Gasteiger partial charge in [-0.3, -0.25) is 4.90 Å². The van der Waals surface area contributed by atoms with E-state index in [1.165, 1.54) is 19.3 Å². The van der Waals surface area contributed by atoms with Gasteiger partial charge in [0.1, 0.15) is 0 Å². The number of hydrogen-bond donors (Lipinski definition) is 3. The molecule has 0 saturated carbocycles. The van der Waals surface area contributed by atoms with Crippen LogP contribution in [0.1, 0.15) is 44.2 Å². The van der Waals surface area contributed by atoms with E-state index in [0.717, 1.165) is 24.2 Å². The molecule has 1 heterocycles. The number of nitrogens with one attached hydrogen (secondary N) is 2. The zero-order valence-electron chi connectivity index (χ0n) is 14.3. The molecule has 2 amide bonds. The number of carbonyl (C=O) groups excluding carboxylic acids is 1. The van der Waals surface area contributed by atoms with Gasteiger partial charge in [-0.1, -0.05) is 30.7 Å². The summed E-state index contributed by atoms with van der Waals surface area (Å²) in [7, 11) is 0. The fourth-order valence-corrected chi connectivity index (χ4v) is 3.03. The second-order valence-corrected chi connectivity index (χ2v) is 6.82. The molecule has 0 radical (unpaired) electrons. The molecule has 0 aliphatic carbocycles. The van der Waals surface area contributed by atoms with Crippen LogP contribution < -0.4 is 10.6 Å². The summed E-state index contributed by atoms with van der Waals surface area (Å²) >= 11 is 0. The molecule has 1 fully saturated rings. The third-order valence-electron chi connectivity index (χ3n) is 4.62. The average Bonchev–Trinajstić information content (AvgIpc) is 2.59. The van der Waals surface area contributed by atoms with E-state index in [1.807, 2.05) is 24.3 Å². The Balaban J connectivity index is 1.78. The lowest BCUT2D eigenvalue weighted by atomic mass is 9.98. The molecule has 1 aliphatic rings. The quantitative estimate of drug-likeness (QED) is 0.753. The number of aliphatic hydroxyl groups excluding tert-OH is 1. The van der Waals surface area contributed by atoms with E-state index in [1.54, 1.807) is 0 Å². The van der Waals surface area contributed by atoms with Crippen molar-refractivity contribution in [3.05, 3.63) is 35.4 Å². The van der Waals surface area contributed by atoms with Crippen LogP contribution in [0.15, 0.2) is 24.3 Å². The minimum atomic E-state index is -0.164. The highest BCUT2D eigenvalue weighted by atomic mass is 16.3. The maximum absolute atomic E-state index is 12.0. The van der Waals surface area contributed by atoms with Crippen LogP contribution in [0.25, 0.3) is 0 Å². The Morgan fingerprint density at radius 2 is 1.78 bits per heavy atom. The maximum atomic E-state index is 12.0. The number of likely N-dealkylation sites (tertiary alicyclic amines) is 1. The van der Waals surface area contributed by atoms with Gasteiger partial charge in [0.15, 0.2) is 0 Å². The second-order valence-electron chi connectivity index (χ2n) is 6.82. The van der Waals surface area contributed by atoms with Crippen LogP contribution in [-0.2, 0) is 13.2 Å². The van der Waals surface area contributed by atoms with Gasteiger partial charge < -0.3 is 15.7 Å². The van der Waals surface area contributed by atoms with Gasteiger partial charge in [0.05, 0.1) is 6.61 Å². The number of carbonyl (C=O) groups is 1. The number of nitrogens with zero attached hydrogens (tertiary/aromatic N) is 1. The van der Waals surface area contributed by atoms with E-state index >= 15 is 0 Å². The van der Waals surface area contributed by atoms with E-state index in [-0.39, 0.29) is 18.2 Å². The monoisotopic (exact) mass is 319 g/mol. The van der Waals surface area contributed by atoms with Crippen molar-refractivity contribution in [2.45, 2.75) is 51.8 Å². The number of urea groups is 1. The highest BCUT2D eigenvalue weighted by Crippen LogP contribution is 2.19. The molecule has 2 rings (SSSR count). The predicted octanol–water partition coefficient (Wildman–Crippen LogP) is 2.24. The molecule has 5 nitrogen and oxygen atoms in total. The highest BCUT2D eigenvalue weighted by molar-refractivity contribution is 5.73. The fraction of sp³-hybridized carbons (Fsp3) is 0.611. The summed E-state index contributed by atoms with van der Waals surface area (Å²) in [5, 5.41) is 15.1. The Morgan fingerprint density at radius 3 is 2.43 bits per heavy atom. The summed E-state index contributed by atoms with van der Waals surface area (Å²) in [4.78, 5) is 14.5. The van der Waals surface area contributed by atoms with Gasteiger partial charge in [-0.2, -0.15) is 0 Å². The third-order valence-corrected chi connectivity index (χ3v) is 4.62. The van der Waals surface area contributed by atoms with Crippen molar-refractivity contribution in [2.24, 2.45) is 0 Å². The summed E-state index contributed by atoms with van der Waals surface area (Å²) < 4.78 is 0. The van der Waals surface area contributed by atoms with E-state index < -0.39 is 0 Å². The predicted molar refractivity (Wildman–Crippen MR) is 92.1 cm³/mol. The molecular weight excluding hydrogens is 290 g/mol. The van der Waals surface area contributed by atoms with Crippen molar-refractivity contribution in [2.75, 3.05) is 19.6 Å². The molecule has 23 heavy (non-hydrogen) atoms. The Labute approximate surface area is 139 Å². The second kappa shape index (κ2) is 8.31. The first-order valence-electron chi connectivity index (χ1n) is 8.47. The Kier molecular flexibility index (Phi) is 6.42. The van der Waals surface area contributed by atoms with Crippen LogP contribution in [0.2, 0.25) is 0 Å². The van der Waals surface area contributed by atoms with Crippen molar-refractivity contribution in [1.82, 2.24) is 15.5 Å². The van der Waals surface area contributed by atoms with Gasteiger partial charge in [0.2, 0.25) is 0 Å². The smallest absolute Gasteiger partial charge is 0.315 e. The zero-order valence-corrected chi connectivity index (χ0v) is 14.3. The summed E-state index contributed by atoms with van der Waals surface area (Å²) in [5.41, 5.74) is 1.77. The molecule has 1 aliphatic heterocycles. The van der Waals surface area contributed by atoms with Crippen molar-refractivity contribution >= 4 is 6.03 Å². The van der Waals surface area contributed by atoms with Crippen LogP contribution in [0.3, 0.4) is 0 Å². The van der Waals surface area contributed by atoms with Gasteiger partial charge >= 0.3 is 6.03 Å². The van der Waals surface area contributed by atoms with Gasteiger partial charge in [-0.05, 0) is 50.9 Å². The van der Waals surface area contributed by atoms with E-state index in [4.69, 9.17) is 0 Å². The third kappa shape index (κ3) is 5.22. The molecule has 128 valence electrons. The number of amides is 2. The number of piperidine rings is 1. The molecule has 1 saturated heterocycles. The van der Waals surface area contributed by atoms with Gasteiger partial charge in [-0.25, -0.2) is 4.79 Å². The molecular formula is C18H29N3O2. The fourth-order valence-electron chi connectivity index (χ4n) is 3.03. The first-order valence-corrected chi connectivity index (χ1v) is 8.47. The largest absolute Gasteiger partial charge is 0.392 e. The normalized spacial score (nSPS) is 16.1.